The third-order valence-electron chi connectivity index (χ3n) is 7.30. The van der Waals surface area contributed by atoms with E-state index in [-0.39, 0.29) is 29.6 Å². The van der Waals surface area contributed by atoms with Crippen LogP contribution in [0.5, 0.6) is 0 Å². The van der Waals surface area contributed by atoms with Crippen LogP contribution in [0.4, 0.5) is 8.78 Å². The van der Waals surface area contributed by atoms with Crippen LogP contribution in [0.3, 0.4) is 0 Å². The topological polar surface area (TPSA) is 38.3 Å². The van der Waals surface area contributed by atoms with Gasteiger partial charge in [0.2, 0.25) is 0 Å². The molecule has 42 heavy (non-hydrogen) atoms. The number of halogens is 3. The maximum Gasteiger partial charge on any atom is 0.307 e. The minimum Gasteiger partial charge on any atom is -0.466 e. The summed E-state index contributed by atoms with van der Waals surface area (Å²) >= 11 is 6.02. The summed E-state index contributed by atoms with van der Waals surface area (Å²) in [6.07, 6.45) is 0.0121. The van der Waals surface area contributed by atoms with Gasteiger partial charge in [0.15, 0.2) is 0 Å². The zero-order valence-corrected chi connectivity index (χ0v) is 23.8. The van der Waals surface area contributed by atoms with Crippen LogP contribution >= 0.6 is 11.6 Å². The highest BCUT2D eigenvalue weighted by molar-refractivity contribution is 6.31. The van der Waals surface area contributed by atoms with Crippen LogP contribution in [-0.2, 0) is 15.1 Å². The highest BCUT2D eigenvalue weighted by atomic mass is 35.5. The number of rotatable bonds is 10. The van der Waals surface area contributed by atoms with Crippen molar-refractivity contribution < 1.29 is 18.3 Å². The highest BCUT2D eigenvalue weighted by Gasteiger charge is 2.39. The number of carbonyl (C=O) groups is 1. The first-order valence-electron chi connectivity index (χ1n) is 13.8. The smallest absolute Gasteiger partial charge is 0.307 e. The molecule has 1 atom stereocenters. The average Bonchev–Trinajstić information content (AvgIpc) is 3.02. The van der Waals surface area contributed by atoms with Gasteiger partial charge in [0, 0.05) is 17.7 Å². The Balaban J connectivity index is 1.70. The monoisotopic (exact) mass is 581 g/mol. The van der Waals surface area contributed by atoms with E-state index in [1.807, 2.05) is 60.7 Å². The lowest BCUT2D eigenvalue weighted by Crippen LogP contribution is -2.47. The lowest BCUT2D eigenvalue weighted by molar-refractivity contribution is -0.143. The Bertz CT molecular complexity index is 1550. The minimum absolute atomic E-state index is 0.0121. The summed E-state index contributed by atoms with van der Waals surface area (Å²) in [7, 11) is 0. The van der Waals surface area contributed by atoms with Crippen LogP contribution in [0, 0.1) is 11.6 Å². The predicted octanol–water partition coefficient (Wildman–Crippen LogP) is 8.86. The zero-order valence-electron chi connectivity index (χ0n) is 23.1. The van der Waals surface area contributed by atoms with E-state index in [4.69, 9.17) is 16.3 Å². The van der Waals surface area contributed by atoms with E-state index >= 15 is 0 Å². The van der Waals surface area contributed by atoms with Crippen LogP contribution in [-0.4, -0.2) is 12.6 Å². The van der Waals surface area contributed by atoms with Crippen LogP contribution in [0.2, 0.25) is 5.02 Å². The first-order chi connectivity index (χ1) is 20.4. The molecule has 0 aromatic heterocycles. The summed E-state index contributed by atoms with van der Waals surface area (Å²) in [5, 5.41) is 3.68. The number of hydrogen-bond acceptors (Lipinski definition) is 3. The Labute approximate surface area is 249 Å². The molecular formula is C36H30ClF2NO2. The Morgan fingerprint density at radius 2 is 1.31 bits per heavy atom. The molecule has 0 saturated carbocycles. The van der Waals surface area contributed by atoms with Crippen molar-refractivity contribution in [3.63, 3.8) is 0 Å². The van der Waals surface area contributed by atoms with E-state index in [9.17, 15) is 13.6 Å². The third kappa shape index (κ3) is 6.13. The lowest BCUT2D eigenvalue weighted by atomic mass is 9.76. The maximum absolute atomic E-state index is 14.9. The number of nitrogens with one attached hydrogen (secondary N) is 1. The Morgan fingerprint density at radius 1 is 0.762 bits per heavy atom. The fraction of sp³-hybridized carbons (Fsp3) is 0.139. The second kappa shape index (κ2) is 13.1. The number of benzene rings is 5. The minimum atomic E-state index is -0.874. The Hall–Kier alpha value is -4.32. The molecule has 0 spiro atoms. The molecule has 3 nitrogen and oxygen atoms in total. The molecule has 0 saturated heterocycles. The molecular weight excluding hydrogens is 552 g/mol. The van der Waals surface area contributed by atoms with Crippen molar-refractivity contribution in [2.24, 2.45) is 0 Å². The van der Waals surface area contributed by atoms with Gasteiger partial charge in [0.1, 0.15) is 11.6 Å². The van der Waals surface area contributed by atoms with Crippen molar-refractivity contribution in [2.75, 3.05) is 6.61 Å². The molecule has 0 amide bonds. The molecule has 5 rings (SSSR count). The summed E-state index contributed by atoms with van der Waals surface area (Å²) in [5.74, 6) is -1.93. The normalized spacial score (nSPS) is 12.1. The average molecular weight is 582 g/mol. The van der Waals surface area contributed by atoms with Crippen molar-refractivity contribution in [3.05, 3.63) is 166 Å². The van der Waals surface area contributed by atoms with Crippen molar-refractivity contribution in [3.8, 4) is 11.1 Å². The van der Waals surface area contributed by atoms with Crippen molar-refractivity contribution >= 4 is 17.6 Å². The van der Waals surface area contributed by atoms with E-state index in [0.29, 0.717) is 5.56 Å². The number of esters is 1. The van der Waals surface area contributed by atoms with Gasteiger partial charge in [-0.05, 0) is 46.9 Å². The van der Waals surface area contributed by atoms with Gasteiger partial charge in [-0.2, -0.15) is 0 Å². The Kier molecular flexibility index (Phi) is 9.11. The second-order valence-corrected chi connectivity index (χ2v) is 10.3. The predicted molar refractivity (Wildman–Crippen MR) is 163 cm³/mol. The fourth-order valence-corrected chi connectivity index (χ4v) is 5.55. The van der Waals surface area contributed by atoms with Gasteiger partial charge in [-0.25, -0.2) is 8.78 Å². The maximum atomic E-state index is 14.9. The van der Waals surface area contributed by atoms with Gasteiger partial charge in [-0.3, -0.25) is 10.1 Å². The van der Waals surface area contributed by atoms with Crippen molar-refractivity contribution in [1.29, 1.82) is 0 Å². The van der Waals surface area contributed by atoms with Gasteiger partial charge in [-0.15, -0.1) is 0 Å². The summed E-state index contributed by atoms with van der Waals surface area (Å²) in [5.41, 5.74) is 3.45. The molecule has 0 aliphatic heterocycles. The third-order valence-corrected chi connectivity index (χ3v) is 7.59. The van der Waals surface area contributed by atoms with Gasteiger partial charge < -0.3 is 4.74 Å². The molecule has 0 aliphatic carbocycles. The standard InChI is InChI=1S/C36H30ClF2NO2/c1-2-42-35(41)24-34(26-14-12-13-25(21-26)30-22-31(37)33(39)23-32(30)38)40-36(27-15-6-3-7-16-27,28-17-8-4-9-18-28)29-19-10-5-11-20-29/h3-23,34,40H,2,24H2,1H3. The SMILES string of the molecule is CCOC(=O)CC(NC(c1ccccc1)(c1ccccc1)c1ccccc1)c1cccc(-c2cc(Cl)c(F)cc2F)c1. The van der Waals surface area contributed by atoms with Gasteiger partial charge in [-0.1, -0.05) is 121 Å². The van der Waals surface area contributed by atoms with E-state index in [1.54, 1.807) is 25.1 Å². The molecule has 0 aliphatic rings. The molecule has 5 aromatic rings. The van der Waals surface area contributed by atoms with Gasteiger partial charge >= 0.3 is 5.97 Å². The van der Waals surface area contributed by atoms with E-state index in [1.165, 1.54) is 6.07 Å². The first-order valence-corrected chi connectivity index (χ1v) is 14.1. The zero-order chi connectivity index (χ0) is 29.5. The number of hydrogen-bond donors (Lipinski definition) is 1. The number of ether oxygens (including phenoxy) is 1. The molecule has 0 heterocycles. The van der Waals surface area contributed by atoms with Gasteiger partial charge in [0.05, 0.1) is 23.6 Å². The van der Waals surface area contributed by atoms with Gasteiger partial charge in [0.25, 0.3) is 0 Å². The van der Waals surface area contributed by atoms with Crippen LogP contribution in [0.25, 0.3) is 11.1 Å². The molecule has 0 fully saturated rings. The molecule has 0 radical (unpaired) electrons. The van der Waals surface area contributed by atoms with E-state index in [2.05, 4.69) is 41.7 Å². The molecule has 212 valence electrons. The highest BCUT2D eigenvalue weighted by Crippen LogP contribution is 2.40. The largest absolute Gasteiger partial charge is 0.466 e. The fourth-order valence-electron chi connectivity index (χ4n) is 5.38. The molecule has 1 unspecified atom stereocenters. The lowest BCUT2D eigenvalue weighted by Gasteiger charge is -2.40. The molecule has 6 heteroatoms. The number of carbonyl (C=O) groups excluding carboxylic acids is 1. The van der Waals surface area contributed by atoms with E-state index < -0.39 is 23.2 Å². The summed E-state index contributed by atoms with van der Waals surface area (Å²) < 4.78 is 34.2. The second-order valence-electron chi connectivity index (χ2n) is 9.93. The molecule has 0 bridgehead atoms. The van der Waals surface area contributed by atoms with Crippen molar-refractivity contribution in [2.45, 2.75) is 24.9 Å². The van der Waals surface area contributed by atoms with E-state index in [0.717, 1.165) is 28.3 Å². The van der Waals surface area contributed by atoms with Crippen molar-refractivity contribution in [1.82, 2.24) is 5.32 Å². The van der Waals surface area contributed by atoms with Crippen LogP contribution in [0.15, 0.2) is 127 Å². The summed E-state index contributed by atoms with van der Waals surface area (Å²) in [6.45, 7) is 2.01. The summed E-state index contributed by atoms with van der Waals surface area (Å²) in [6, 6.07) is 38.8. The molecule has 5 aromatic carbocycles. The summed E-state index contributed by atoms with van der Waals surface area (Å²) in [4.78, 5) is 13.0. The quantitative estimate of drug-likeness (QED) is 0.102. The Morgan fingerprint density at radius 3 is 1.83 bits per heavy atom. The first kappa shape index (κ1) is 29.2. The van der Waals surface area contributed by atoms with Crippen LogP contribution < -0.4 is 5.32 Å². The van der Waals surface area contributed by atoms with Crippen LogP contribution in [0.1, 0.15) is 41.6 Å². The molecule has 1 N–H and O–H groups in total.